The number of carbonyl (C=O) groups excluding carboxylic acids is 1. The van der Waals surface area contributed by atoms with Crippen LogP contribution < -0.4 is 10.0 Å². The molecule has 0 saturated carbocycles. The van der Waals surface area contributed by atoms with Crippen molar-refractivity contribution in [2.45, 2.75) is 32.6 Å². The molecule has 1 amide bonds. The monoisotopic (exact) mass is 336 g/mol. The van der Waals surface area contributed by atoms with E-state index in [1.165, 1.54) is 0 Å². The molecule has 23 heavy (non-hydrogen) atoms. The standard InChI is InChI=1S/C15H20N4O3S/c1-9(2)15(20)16-12-5-7-13(8-6-12)19-23(21,22)14-10(3)17-18-11(14)4/h5-9,19H,1-4H3,(H,16,20)(H,17,18). The molecule has 0 fully saturated rings. The van der Waals surface area contributed by atoms with Crippen molar-refractivity contribution in [1.29, 1.82) is 0 Å². The zero-order valence-corrected chi connectivity index (χ0v) is 14.3. The van der Waals surface area contributed by atoms with E-state index < -0.39 is 10.0 Å². The summed E-state index contributed by atoms with van der Waals surface area (Å²) in [6.45, 7) is 6.88. The Balaban J connectivity index is 2.16. The topological polar surface area (TPSA) is 104 Å². The smallest absolute Gasteiger partial charge is 0.265 e. The summed E-state index contributed by atoms with van der Waals surface area (Å²) in [6.07, 6.45) is 0. The third-order valence-corrected chi connectivity index (χ3v) is 4.90. The fraction of sp³-hybridized carbons (Fsp3) is 0.333. The summed E-state index contributed by atoms with van der Waals surface area (Å²) >= 11 is 0. The maximum absolute atomic E-state index is 12.4. The van der Waals surface area contributed by atoms with Gasteiger partial charge in [0.25, 0.3) is 10.0 Å². The minimum absolute atomic E-state index is 0.0945. The normalized spacial score (nSPS) is 11.5. The highest BCUT2D eigenvalue weighted by atomic mass is 32.2. The lowest BCUT2D eigenvalue weighted by atomic mass is 10.2. The fourth-order valence-corrected chi connectivity index (χ4v) is 3.48. The number of nitrogens with zero attached hydrogens (tertiary/aromatic N) is 1. The van der Waals surface area contributed by atoms with Gasteiger partial charge in [0.05, 0.1) is 11.4 Å². The quantitative estimate of drug-likeness (QED) is 0.780. The lowest BCUT2D eigenvalue weighted by Gasteiger charge is -2.10. The third-order valence-electron chi connectivity index (χ3n) is 3.26. The van der Waals surface area contributed by atoms with Crippen LogP contribution in [0.4, 0.5) is 11.4 Å². The first-order valence-corrected chi connectivity index (χ1v) is 8.64. The molecule has 3 N–H and O–H groups in total. The van der Waals surface area contributed by atoms with E-state index in [1.807, 2.05) is 0 Å². The lowest BCUT2D eigenvalue weighted by Crippen LogP contribution is -2.18. The highest BCUT2D eigenvalue weighted by Crippen LogP contribution is 2.22. The summed E-state index contributed by atoms with van der Waals surface area (Å²) in [5.74, 6) is -0.219. The van der Waals surface area contributed by atoms with Crippen LogP contribution in [0, 0.1) is 19.8 Å². The summed E-state index contributed by atoms with van der Waals surface area (Å²) in [5, 5.41) is 9.30. The lowest BCUT2D eigenvalue weighted by molar-refractivity contribution is -0.118. The van der Waals surface area contributed by atoms with Gasteiger partial charge in [-0.2, -0.15) is 5.10 Å². The number of H-pyrrole nitrogens is 1. The Morgan fingerprint density at radius 2 is 1.70 bits per heavy atom. The van der Waals surface area contributed by atoms with E-state index in [-0.39, 0.29) is 16.7 Å². The number of hydrogen-bond donors (Lipinski definition) is 3. The number of amides is 1. The Morgan fingerprint density at radius 1 is 1.13 bits per heavy atom. The highest BCUT2D eigenvalue weighted by molar-refractivity contribution is 7.92. The molecule has 0 unspecified atom stereocenters. The van der Waals surface area contributed by atoms with Crippen molar-refractivity contribution in [3.63, 3.8) is 0 Å². The van der Waals surface area contributed by atoms with Gasteiger partial charge in [-0.3, -0.25) is 14.6 Å². The van der Waals surface area contributed by atoms with Crippen LogP contribution >= 0.6 is 0 Å². The summed E-state index contributed by atoms with van der Waals surface area (Å²) in [5.41, 5.74) is 1.92. The second-order valence-corrected chi connectivity index (χ2v) is 7.21. The van der Waals surface area contributed by atoms with Crippen LogP contribution in [0.2, 0.25) is 0 Å². The molecular formula is C15H20N4O3S. The van der Waals surface area contributed by atoms with Crippen LogP contribution in [0.25, 0.3) is 0 Å². The van der Waals surface area contributed by atoms with E-state index in [4.69, 9.17) is 0 Å². The molecule has 0 saturated heterocycles. The van der Waals surface area contributed by atoms with E-state index >= 15 is 0 Å². The van der Waals surface area contributed by atoms with Gasteiger partial charge in [0, 0.05) is 17.3 Å². The predicted molar refractivity (Wildman–Crippen MR) is 88.8 cm³/mol. The number of rotatable bonds is 5. The molecule has 0 aliphatic carbocycles. The number of aryl methyl sites for hydroxylation is 2. The molecule has 0 spiro atoms. The largest absolute Gasteiger partial charge is 0.326 e. The minimum atomic E-state index is -3.71. The van der Waals surface area contributed by atoms with Crippen molar-refractivity contribution in [3.05, 3.63) is 35.7 Å². The Kier molecular flexibility index (Phi) is 4.74. The molecule has 8 heteroatoms. The van der Waals surface area contributed by atoms with Crippen molar-refractivity contribution in [1.82, 2.24) is 10.2 Å². The number of benzene rings is 1. The van der Waals surface area contributed by atoms with Gasteiger partial charge in [-0.1, -0.05) is 13.8 Å². The molecule has 2 rings (SSSR count). The third kappa shape index (κ3) is 3.89. The van der Waals surface area contributed by atoms with Gasteiger partial charge in [-0.05, 0) is 38.1 Å². The predicted octanol–water partition coefficient (Wildman–Crippen LogP) is 2.42. The van der Waals surface area contributed by atoms with E-state index in [2.05, 4.69) is 20.2 Å². The molecule has 1 aromatic heterocycles. The first-order valence-electron chi connectivity index (χ1n) is 7.16. The van der Waals surface area contributed by atoms with Gasteiger partial charge >= 0.3 is 0 Å². The molecule has 0 aliphatic rings. The molecule has 2 aromatic rings. The van der Waals surface area contributed by atoms with E-state index in [9.17, 15) is 13.2 Å². The number of anilines is 2. The average Bonchev–Trinajstić information content (AvgIpc) is 2.80. The number of carbonyl (C=O) groups is 1. The second kappa shape index (κ2) is 6.41. The summed E-state index contributed by atoms with van der Waals surface area (Å²) in [7, 11) is -3.71. The molecule has 0 atom stereocenters. The highest BCUT2D eigenvalue weighted by Gasteiger charge is 2.22. The fourth-order valence-electron chi connectivity index (χ4n) is 2.05. The van der Waals surface area contributed by atoms with Gasteiger partial charge in [-0.25, -0.2) is 8.42 Å². The SMILES string of the molecule is Cc1n[nH]c(C)c1S(=O)(=O)Nc1ccc(NC(=O)C(C)C)cc1. The molecule has 0 bridgehead atoms. The summed E-state index contributed by atoms with van der Waals surface area (Å²) < 4.78 is 27.3. The van der Waals surface area contributed by atoms with E-state index in [1.54, 1.807) is 52.0 Å². The van der Waals surface area contributed by atoms with Crippen molar-refractivity contribution in [3.8, 4) is 0 Å². The van der Waals surface area contributed by atoms with Gasteiger partial charge in [-0.15, -0.1) is 0 Å². The maximum Gasteiger partial charge on any atom is 0.265 e. The Labute approximate surface area is 135 Å². The Bertz CT molecular complexity index is 788. The van der Waals surface area contributed by atoms with Gasteiger partial charge in [0.15, 0.2) is 0 Å². The molecule has 0 aliphatic heterocycles. The second-order valence-electron chi connectivity index (χ2n) is 5.59. The number of hydrogen-bond acceptors (Lipinski definition) is 4. The van der Waals surface area contributed by atoms with E-state index in [0.29, 0.717) is 22.8 Å². The number of nitrogens with one attached hydrogen (secondary N) is 3. The van der Waals surface area contributed by atoms with Crippen LogP contribution in [0.3, 0.4) is 0 Å². The van der Waals surface area contributed by atoms with Crippen LogP contribution in [0.15, 0.2) is 29.2 Å². The van der Waals surface area contributed by atoms with Gasteiger partial charge in [0.2, 0.25) is 5.91 Å². The number of sulfonamides is 1. The Hall–Kier alpha value is -2.35. The van der Waals surface area contributed by atoms with Crippen molar-refractivity contribution >= 4 is 27.3 Å². The molecule has 7 nitrogen and oxygen atoms in total. The van der Waals surface area contributed by atoms with Crippen molar-refractivity contribution < 1.29 is 13.2 Å². The van der Waals surface area contributed by atoms with Gasteiger partial charge in [0.1, 0.15) is 4.90 Å². The maximum atomic E-state index is 12.4. The zero-order valence-electron chi connectivity index (χ0n) is 13.5. The molecular weight excluding hydrogens is 316 g/mol. The number of aromatic amines is 1. The van der Waals surface area contributed by atoms with Crippen LogP contribution in [-0.2, 0) is 14.8 Å². The van der Waals surface area contributed by atoms with Crippen molar-refractivity contribution in [2.24, 2.45) is 5.92 Å². The zero-order chi connectivity index (χ0) is 17.2. The van der Waals surface area contributed by atoms with Crippen molar-refractivity contribution in [2.75, 3.05) is 10.0 Å². The average molecular weight is 336 g/mol. The first kappa shape index (κ1) is 17.0. The summed E-state index contributed by atoms with van der Waals surface area (Å²) in [4.78, 5) is 11.8. The molecule has 0 radical (unpaired) electrons. The van der Waals surface area contributed by atoms with Crippen LogP contribution in [0.5, 0.6) is 0 Å². The first-order chi connectivity index (χ1) is 10.7. The minimum Gasteiger partial charge on any atom is -0.326 e. The molecule has 1 aromatic carbocycles. The molecule has 124 valence electrons. The van der Waals surface area contributed by atoms with E-state index in [0.717, 1.165) is 0 Å². The number of aromatic nitrogens is 2. The molecule has 1 heterocycles. The van der Waals surface area contributed by atoms with Gasteiger partial charge < -0.3 is 5.32 Å². The Morgan fingerprint density at radius 3 is 2.17 bits per heavy atom. The summed E-state index contributed by atoms with van der Waals surface area (Å²) in [6, 6.07) is 6.48. The van der Waals surface area contributed by atoms with Crippen LogP contribution in [0.1, 0.15) is 25.2 Å². The van der Waals surface area contributed by atoms with Crippen LogP contribution in [-0.4, -0.2) is 24.5 Å².